The van der Waals surface area contributed by atoms with Gasteiger partial charge in [0.1, 0.15) is 0 Å². The van der Waals surface area contributed by atoms with E-state index in [1.54, 1.807) is 0 Å². The van der Waals surface area contributed by atoms with Crippen LogP contribution in [0.2, 0.25) is 0 Å². The van der Waals surface area contributed by atoms with Gasteiger partial charge in [-0.1, -0.05) is 0 Å². The van der Waals surface area contributed by atoms with Gasteiger partial charge in [-0.3, -0.25) is 4.90 Å². The van der Waals surface area contributed by atoms with Crippen molar-refractivity contribution >= 4 is 10.0 Å². The van der Waals surface area contributed by atoms with Crippen molar-refractivity contribution in [2.45, 2.75) is 17.4 Å². The summed E-state index contributed by atoms with van der Waals surface area (Å²) in [6.45, 7) is 4.01. The molecule has 2 fully saturated rings. The van der Waals surface area contributed by atoms with Crippen molar-refractivity contribution in [2.75, 3.05) is 39.3 Å². The van der Waals surface area contributed by atoms with Gasteiger partial charge in [-0.15, -0.1) is 0 Å². The third kappa shape index (κ3) is 3.01. The third-order valence-corrected chi connectivity index (χ3v) is 6.25. The summed E-state index contributed by atoms with van der Waals surface area (Å²) in [5.41, 5.74) is 0. The van der Waals surface area contributed by atoms with E-state index in [9.17, 15) is 17.2 Å². The Hall–Kier alpha value is -1.09. The first-order valence-electron chi connectivity index (χ1n) is 7.38. The zero-order valence-corrected chi connectivity index (χ0v) is 13.0. The molecule has 0 saturated carbocycles. The highest BCUT2D eigenvalue weighted by Crippen LogP contribution is 2.21. The lowest BCUT2D eigenvalue weighted by Gasteiger charge is -2.37. The maximum atomic E-state index is 13.3. The van der Waals surface area contributed by atoms with Gasteiger partial charge in [0.15, 0.2) is 11.6 Å². The van der Waals surface area contributed by atoms with Crippen LogP contribution in [0.5, 0.6) is 0 Å². The second kappa shape index (κ2) is 6.19. The molecule has 0 bridgehead atoms. The molecule has 2 heterocycles. The lowest BCUT2D eigenvalue weighted by molar-refractivity contribution is 0.145. The molecule has 2 saturated heterocycles. The highest BCUT2D eigenvalue weighted by Gasteiger charge is 2.32. The lowest BCUT2D eigenvalue weighted by atomic mass is 10.2. The van der Waals surface area contributed by atoms with E-state index >= 15 is 0 Å². The van der Waals surface area contributed by atoms with Crippen molar-refractivity contribution in [3.63, 3.8) is 0 Å². The third-order valence-electron chi connectivity index (χ3n) is 4.35. The fraction of sp³-hybridized carbons (Fsp3) is 0.571. The summed E-state index contributed by atoms with van der Waals surface area (Å²) in [7, 11) is -3.76. The lowest BCUT2D eigenvalue weighted by Crippen LogP contribution is -2.52. The molecule has 2 aliphatic rings. The van der Waals surface area contributed by atoms with Gasteiger partial charge in [-0.05, 0) is 31.2 Å². The number of benzene rings is 1. The molecule has 3 rings (SSSR count). The molecule has 22 heavy (non-hydrogen) atoms. The van der Waals surface area contributed by atoms with Gasteiger partial charge in [-0.25, -0.2) is 17.2 Å². The molecule has 0 spiro atoms. The second-order valence-corrected chi connectivity index (χ2v) is 7.60. The number of sulfonamides is 1. The molecule has 0 radical (unpaired) electrons. The summed E-state index contributed by atoms with van der Waals surface area (Å²) >= 11 is 0. The monoisotopic (exact) mass is 331 g/mol. The molecule has 2 aliphatic heterocycles. The van der Waals surface area contributed by atoms with Crippen molar-refractivity contribution in [2.24, 2.45) is 0 Å². The van der Waals surface area contributed by atoms with Crippen LogP contribution < -0.4 is 5.32 Å². The Balaban J connectivity index is 1.70. The predicted octanol–water partition coefficient (Wildman–Crippen LogP) is 0.633. The SMILES string of the molecule is O=S(=O)(c1ccc(F)c(F)c1)N1CCN(C2CCNC2)CC1. The van der Waals surface area contributed by atoms with E-state index in [0.717, 1.165) is 37.7 Å². The normalized spacial score (nSPS) is 24.7. The topological polar surface area (TPSA) is 52.7 Å². The Morgan fingerprint density at radius 3 is 2.41 bits per heavy atom. The van der Waals surface area contributed by atoms with Crippen LogP contribution in [0.4, 0.5) is 8.78 Å². The standard InChI is InChI=1S/C14H19F2N3O2S/c15-13-2-1-12(9-14(13)16)22(20,21)19-7-5-18(6-8-19)11-3-4-17-10-11/h1-2,9,11,17H,3-8,10H2. The summed E-state index contributed by atoms with van der Waals surface area (Å²) in [5.74, 6) is -2.19. The van der Waals surface area contributed by atoms with Gasteiger partial charge < -0.3 is 5.32 Å². The van der Waals surface area contributed by atoms with E-state index in [0.29, 0.717) is 32.2 Å². The van der Waals surface area contributed by atoms with Gasteiger partial charge in [0.05, 0.1) is 4.90 Å². The summed E-state index contributed by atoms with van der Waals surface area (Å²) < 4.78 is 52.5. The molecule has 1 unspecified atom stereocenters. The zero-order chi connectivity index (χ0) is 15.7. The first-order chi connectivity index (χ1) is 10.5. The van der Waals surface area contributed by atoms with E-state index in [1.165, 1.54) is 4.31 Å². The first-order valence-corrected chi connectivity index (χ1v) is 8.82. The second-order valence-electron chi connectivity index (χ2n) is 5.66. The Morgan fingerprint density at radius 1 is 1.09 bits per heavy atom. The van der Waals surface area contributed by atoms with Crippen LogP contribution in [0.1, 0.15) is 6.42 Å². The van der Waals surface area contributed by atoms with Gasteiger partial charge in [0.25, 0.3) is 0 Å². The van der Waals surface area contributed by atoms with Crippen molar-refractivity contribution in [3.05, 3.63) is 29.8 Å². The molecular weight excluding hydrogens is 312 g/mol. The zero-order valence-electron chi connectivity index (χ0n) is 12.1. The molecule has 0 amide bonds. The summed E-state index contributed by atoms with van der Waals surface area (Å²) in [4.78, 5) is 2.10. The van der Waals surface area contributed by atoms with Gasteiger partial charge in [-0.2, -0.15) is 4.31 Å². The fourth-order valence-corrected chi connectivity index (χ4v) is 4.48. The molecule has 0 aromatic heterocycles. The van der Waals surface area contributed by atoms with Crippen LogP contribution in [0.3, 0.4) is 0 Å². The number of nitrogens with zero attached hydrogens (tertiary/aromatic N) is 2. The van der Waals surface area contributed by atoms with Crippen LogP contribution >= 0.6 is 0 Å². The maximum absolute atomic E-state index is 13.3. The number of hydrogen-bond donors (Lipinski definition) is 1. The number of rotatable bonds is 3. The summed E-state index contributed by atoms with van der Waals surface area (Å²) in [6, 6.07) is 3.18. The minimum absolute atomic E-state index is 0.192. The van der Waals surface area contributed by atoms with E-state index in [4.69, 9.17) is 0 Å². The van der Waals surface area contributed by atoms with Crippen molar-refractivity contribution < 1.29 is 17.2 Å². The van der Waals surface area contributed by atoms with Crippen LogP contribution in [-0.4, -0.2) is 62.9 Å². The van der Waals surface area contributed by atoms with E-state index in [2.05, 4.69) is 10.2 Å². The Morgan fingerprint density at radius 2 is 1.82 bits per heavy atom. The minimum Gasteiger partial charge on any atom is -0.315 e. The Labute approximate surface area is 129 Å². The molecule has 5 nitrogen and oxygen atoms in total. The van der Waals surface area contributed by atoms with Crippen molar-refractivity contribution in [1.29, 1.82) is 0 Å². The molecule has 1 aromatic rings. The van der Waals surface area contributed by atoms with Crippen molar-refractivity contribution in [3.8, 4) is 0 Å². The molecule has 0 aliphatic carbocycles. The summed E-state index contributed by atoms with van der Waals surface area (Å²) in [5, 5.41) is 3.30. The molecule has 8 heteroatoms. The van der Waals surface area contributed by atoms with Crippen LogP contribution in [0.15, 0.2) is 23.1 Å². The molecular formula is C14H19F2N3O2S. The molecule has 1 atom stereocenters. The van der Waals surface area contributed by atoms with Gasteiger partial charge in [0.2, 0.25) is 10.0 Å². The smallest absolute Gasteiger partial charge is 0.243 e. The molecule has 122 valence electrons. The first kappa shape index (κ1) is 15.8. The van der Waals surface area contributed by atoms with E-state index < -0.39 is 21.7 Å². The predicted molar refractivity (Wildman–Crippen MR) is 78.0 cm³/mol. The highest BCUT2D eigenvalue weighted by molar-refractivity contribution is 7.89. The average Bonchev–Trinajstić information content (AvgIpc) is 3.04. The maximum Gasteiger partial charge on any atom is 0.243 e. The van der Waals surface area contributed by atoms with E-state index in [1.807, 2.05) is 0 Å². The quantitative estimate of drug-likeness (QED) is 0.883. The number of hydrogen-bond acceptors (Lipinski definition) is 4. The van der Waals surface area contributed by atoms with E-state index in [-0.39, 0.29) is 4.90 Å². The fourth-order valence-electron chi connectivity index (χ4n) is 3.05. The largest absolute Gasteiger partial charge is 0.315 e. The Bertz CT molecular complexity index is 639. The van der Waals surface area contributed by atoms with Crippen LogP contribution in [0.25, 0.3) is 0 Å². The van der Waals surface area contributed by atoms with Crippen LogP contribution in [-0.2, 0) is 10.0 Å². The number of piperazine rings is 1. The average molecular weight is 331 g/mol. The Kier molecular flexibility index (Phi) is 4.44. The minimum atomic E-state index is -3.76. The van der Waals surface area contributed by atoms with Crippen LogP contribution in [0, 0.1) is 11.6 Å². The number of halogens is 2. The summed E-state index contributed by atoms with van der Waals surface area (Å²) in [6.07, 6.45) is 1.08. The molecule has 1 N–H and O–H groups in total. The number of nitrogens with one attached hydrogen (secondary N) is 1. The highest BCUT2D eigenvalue weighted by atomic mass is 32.2. The molecule has 1 aromatic carbocycles. The van der Waals surface area contributed by atoms with Gasteiger partial charge >= 0.3 is 0 Å². The van der Waals surface area contributed by atoms with Crippen molar-refractivity contribution in [1.82, 2.24) is 14.5 Å². The van der Waals surface area contributed by atoms with Gasteiger partial charge in [0, 0.05) is 38.8 Å².